The number of rotatable bonds is 2. The number of aryl methyl sites for hydroxylation is 1. The Labute approximate surface area is 138 Å². The van der Waals surface area contributed by atoms with Gasteiger partial charge in [-0.2, -0.15) is 0 Å². The largest absolute Gasteiger partial charge is 0.366 e. The lowest BCUT2D eigenvalue weighted by Gasteiger charge is -2.16. The molecule has 0 aromatic carbocycles. The summed E-state index contributed by atoms with van der Waals surface area (Å²) in [6, 6.07) is 5.83. The zero-order valence-electron chi connectivity index (χ0n) is 13.2. The quantitative estimate of drug-likeness (QED) is 0.784. The number of fused-ring (bicyclic) bond motifs is 2. The zero-order chi connectivity index (χ0) is 16.8. The van der Waals surface area contributed by atoms with E-state index in [1.165, 1.54) is 0 Å². The highest BCUT2D eigenvalue weighted by molar-refractivity contribution is 6.09. The fourth-order valence-corrected chi connectivity index (χ4v) is 3.37. The Hall–Kier alpha value is -3.02. The van der Waals surface area contributed by atoms with E-state index in [1.54, 1.807) is 12.4 Å². The summed E-state index contributed by atoms with van der Waals surface area (Å²) in [4.78, 5) is 33.0. The van der Waals surface area contributed by atoms with Crippen LogP contribution in [0.25, 0.3) is 16.9 Å². The van der Waals surface area contributed by atoms with Gasteiger partial charge in [-0.05, 0) is 43.5 Å². The maximum absolute atomic E-state index is 12.3. The van der Waals surface area contributed by atoms with Gasteiger partial charge in [0.15, 0.2) is 11.4 Å². The van der Waals surface area contributed by atoms with Crippen LogP contribution in [0.2, 0.25) is 0 Å². The summed E-state index contributed by atoms with van der Waals surface area (Å²) in [6.07, 6.45) is 5.26. The van der Waals surface area contributed by atoms with E-state index in [9.17, 15) is 9.59 Å². The van der Waals surface area contributed by atoms with Gasteiger partial charge in [0.2, 0.25) is 0 Å². The summed E-state index contributed by atoms with van der Waals surface area (Å²) in [5, 5.41) is 0.950. The molecule has 120 valence electrons. The molecule has 4 rings (SSSR count). The van der Waals surface area contributed by atoms with E-state index in [1.807, 2.05) is 29.7 Å². The normalized spacial score (nSPS) is 14.0. The molecule has 0 fully saturated rings. The van der Waals surface area contributed by atoms with E-state index in [-0.39, 0.29) is 11.3 Å². The van der Waals surface area contributed by atoms with Crippen LogP contribution in [0.4, 0.5) is 0 Å². The second kappa shape index (κ2) is 5.26. The number of nitrogens with two attached hydrogens (primary N) is 1. The number of carbonyl (C=O) groups excluding carboxylic acids is 2. The number of primary amides is 1. The molecule has 3 heterocycles. The summed E-state index contributed by atoms with van der Waals surface area (Å²) < 4.78 is 1.83. The molecule has 1 aliphatic carbocycles. The van der Waals surface area contributed by atoms with Crippen LogP contribution in [-0.4, -0.2) is 26.2 Å². The molecule has 3 aromatic heterocycles. The van der Waals surface area contributed by atoms with Gasteiger partial charge in [-0.1, -0.05) is 0 Å². The van der Waals surface area contributed by atoms with Gasteiger partial charge in [-0.15, -0.1) is 0 Å². The minimum absolute atomic E-state index is 0.0274. The topological polar surface area (TPSA) is 90.9 Å². The Bertz CT molecular complexity index is 1000. The van der Waals surface area contributed by atoms with Gasteiger partial charge in [-0.25, -0.2) is 9.97 Å². The van der Waals surface area contributed by atoms with Crippen molar-refractivity contribution in [3.8, 4) is 5.82 Å². The van der Waals surface area contributed by atoms with Crippen LogP contribution in [0.15, 0.2) is 30.6 Å². The van der Waals surface area contributed by atoms with Gasteiger partial charge in [0.1, 0.15) is 5.82 Å². The van der Waals surface area contributed by atoms with Gasteiger partial charge in [0, 0.05) is 29.9 Å². The van der Waals surface area contributed by atoms with Crippen molar-refractivity contribution in [2.24, 2.45) is 5.73 Å². The van der Waals surface area contributed by atoms with Gasteiger partial charge in [0.25, 0.3) is 5.91 Å². The number of hydrogen-bond acceptors (Lipinski definition) is 4. The monoisotopic (exact) mass is 320 g/mol. The molecule has 0 bridgehead atoms. The molecule has 3 aromatic rings. The highest BCUT2D eigenvalue weighted by Crippen LogP contribution is 2.30. The number of pyridine rings is 2. The van der Waals surface area contributed by atoms with Gasteiger partial charge in [0.05, 0.1) is 11.1 Å². The molecule has 0 aliphatic heterocycles. The highest BCUT2D eigenvalue weighted by atomic mass is 16.1. The number of hydrogen-bond donors (Lipinski definition) is 1. The fraction of sp³-hybridized carbons (Fsp3) is 0.222. The Balaban J connectivity index is 2.00. The first-order valence-corrected chi connectivity index (χ1v) is 7.86. The summed E-state index contributed by atoms with van der Waals surface area (Å²) in [7, 11) is 0. The van der Waals surface area contributed by atoms with Crippen LogP contribution in [0.1, 0.15) is 44.8 Å². The minimum Gasteiger partial charge on any atom is -0.366 e. The molecule has 0 spiro atoms. The lowest BCUT2D eigenvalue weighted by molar-refractivity contribution is 0.0950. The van der Waals surface area contributed by atoms with E-state index in [0.29, 0.717) is 23.4 Å². The van der Waals surface area contributed by atoms with Crippen LogP contribution in [0, 0.1) is 6.92 Å². The lowest BCUT2D eigenvalue weighted by atomic mass is 9.93. The van der Waals surface area contributed by atoms with Gasteiger partial charge >= 0.3 is 0 Å². The smallest absolute Gasteiger partial charge is 0.251 e. The van der Waals surface area contributed by atoms with E-state index >= 15 is 0 Å². The van der Waals surface area contributed by atoms with Gasteiger partial charge < -0.3 is 10.3 Å². The summed E-state index contributed by atoms with van der Waals surface area (Å²) in [5.41, 5.74) is 8.60. The third-order valence-electron chi connectivity index (χ3n) is 4.45. The average molecular weight is 320 g/mol. The standard InChI is InChI=1S/C18H16N4O2/c1-10-8-11-4-3-7-20-17(11)21-18(10)22-9-12(16(19)24)15-13(22)5-2-6-14(15)23/h3-4,7-9H,2,5-6H2,1H3,(H2,19,24). The van der Waals surface area contributed by atoms with Crippen LogP contribution in [0.5, 0.6) is 0 Å². The third kappa shape index (κ3) is 2.11. The lowest BCUT2D eigenvalue weighted by Crippen LogP contribution is -2.18. The van der Waals surface area contributed by atoms with Crippen molar-refractivity contribution in [3.05, 3.63) is 53.0 Å². The Morgan fingerprint density at radius 1 is 1.33 bits per heavy atom. The molecule has 6 heteroatoms. The first kappa shape index (κ1) is 14.6. The third-order valence-corrected chi connectivity index (χ3v) is 4.45. The summed E-state index contributed by atoms with van der Waals surface area (Å²) >= 11 is 0. The highest BCUT2D eigenvalue weighted by Gasteiger charge is 2.28. The first-order chi connectivity index (χ1) is 11.6. The van der Waals surface area contributed by atoms with E-state index in [4.69, 9.17) is 5.73 Å². The molecule has 0 unspecified atom stereocenters. The second-order valence-electron chi connectivity index (χ2n) is 6.05. The van der Waals surface area contributed by atoms with E-state index in [2.05, 4.69) is 9.97 Å². The van der Waals surface area contributed by atoms with Crippen molar-refractivity contribution in [2.45, 2.75) is 26.2 Å². The molecule has 24 heavy (non-hydrogen) atoms. The van der Waals surface area contributed by atoms with Crippen molar-refractivity contribution in [1.29, 1.82) is 0 Å². The summed E-state index contributed by atoms with van der Waals surface area (Å²) in [6.45, 7) is 1.95. The molecule has 0 saturated heterocycles. The Kier molecular flexibility index (Phi) is 3.19. The SMILES string of the molecule is Cc1cc2cccnc2nc1-n1cc(C(N)=O)c2c1CCCC2=O. The maximum Gasteiger partial charge on any atom is 0.251 e. The molecule has 0 radical (unpaired) electrons. The molecular formula is C18H16N4O2. The zero-order valence-corrected chi connectivity index (χ0v) is 13.2. The average Bonchev–Trinajstić information content (AvgIpc) is 2.95. The molecule has 1 aliphatic rings. The first-order valence-electron chi connectivity index (χ1n) is 7.86. The molecule has 0 atom stereocenters. The molecule has 2 N–H and O–H groups in total. The maximum atomic E-state index is 12.3. The molecule has 6 nitrogen and oxygen atoms in total. The van der Waals surface area contributed by atoms with Crippen LogP contribution >= 0.6 is 0 Å². The predicted octanol–water partition coefficient (Wildman–Crippen LogP) is 2.35. The number of nitrogens with zero attached hydrogens (tertiary/aromatic N) is 3. The van der Waals surface area contributed by atoms with Crippen molar-refractivity contribution in [2.75, 3.05) is 0 Å². The Morgan fingerprint density at radius 3 is 2.96 bits per heavy atom. The van der Waals surface area contributed by atoms with Crippen LogP contribution in [-0.2, 0) is 6.42 Å². The molecule has 1 amide bonds. The van der Waals surface area contributed by atoms with Crippen molar-refractivity contribution in [3.63, 3.8) is 0 Å². The van der Waals surface area contributed by atoms with Crippen molar-refractivity contribution < 1.29 is 9.59 Å². The predicted molar refractivity (Wildman–Crippen MR) is 89.4 cm³/mol. The van der Waals surface area contributed by atoms with Crippen molar-refractivity contribution in [1.82, 2.24) is 14.5 Å². The van der Waals surface area contributed by atoms with Gasteiger partial charge in [-0.3, -0.25) is 9.59 Å². The Morgan fingerprint density at radius 2 is 2.17 bits per heavy atom. The molecular weight excluding hydrogens is 304 g/mol. The summed E-state index contributed by atoms with van der Waals surface area (Å²) in [5.74, 6) is 0.0665. The van der Waals surface area contributed by atoms with Crippen LogP contribution < -0.4 is 5.73 Å². The van der Waals surface area contributed by atoms with Crippen LogP contribution in [0.3, 0.4) is 0 Å². The number of aromatic nitrogens is 3. The molecule has 0 saturated carbocycles. The number of Topliss-reactive ketones (excluding diaryl/α,β-unsaturated/α-hetero) is 1. The van der Waals surface area contributed by atoms with E-state index < -0.39 is 5.91 Å². The second-order valence-corrected chi connectivity index (χ2v) is 6.05. The minimum atomic E-state index is -0.586. The number of carbonyl (C=O) groups is 2. The fourth-order valence-electron chi connectivity index (χ4n) is 3.37. The number of ketones is 1. The van der Waals surface area contributed by atoms with E-state index in [0.717, 1.165) is 29.5 Å². The van der Waals surface area contributed by atoms with Crippen molar-refractivity contribution >= 4 is 22.7 Å². The number of amides is 1.